The van der Waals surface area contributed by atoms with Crippen LogP contribution < -0.4 is 10.6 Å². The Morgan fingerprint density at radius 1 is 0.868 bits per heavy atom. The van der Waals surface area contributed by atoms with Crippen molar-refractivity contribution in [1.82, 2.24) is 15.2 Å². The number of rotatable bonds is 11. The summed E-state index contributed by atoms with van der Waals surface area (Å²) < 4.78 is 2.23. The van der Waals surface area contributed by atoms with Gasteiger partial charge in [0, 0.05) is 40.8 Å². The van der Waals surface area contributed by atoms with Crippen molar-refractivity contribution in [3.63, 3.8) is 0 Å². The van der Waals surface area contributed by atoms with Crippen LogP contribution in [0.5, 0.6) is 0 Å². The number of fused-ring (bicyclic) bond motifs is 3. The lowest BCUT2D eigenvalue weighted by Gasteiger charge is -2.23. The molecule has 0 aliphatic heterocycles. The summed E-state index contributed by atoms with van der Waals surface area (Å²) in [5.74, 6) is -2.42. The van der Waals surface area contributed by atoms with E-state index in [2.05, 4.69) is 34.3 Å². The van der Waals surface area contributed by atoms with Crippen molar-refractivity contribution in [2.75, 3.05) is 0 Å². The van der Waals surface area contributed by atoms with E-state index < -0.39 is 23.8 Å². The number of para-hydroxylation sites is 1. The van der Waals surface area contributed by atoms with Gasteiger partial charge in [0.15, 0.2) is 0 Å². The third kappa shape index (κ3) is 6.05. The molecular weight excluding hydrogens is 478 g/mol. The fourth-order valence-electron chi connectivity index (χ4n) is 5.10. The lowest BCUT2D eigenvalue weighted by molar-refractivity contribution is -0.141. The molecule has 2 atom stereocenters. The van der Waals surface area contributed by atoms with E-state index in [9.17, 15) is 19.5 Å². The van der Waals surface area contributed by atoms with Gasteiger partial charge in [-0.25, -0.2) is 0 Å². The SMILES string of the molecule is CCn1c2ccccc2c2cc(C(NC(=O)[C@@H](CC(=O)O)CC(C)C)C(=O)NCc3ccccc3)ccc21. The molecule has 4 rings (SSSR count). The third-order valence-electron chi connectivity index (χ3n) is 6.85. The largest absolute Gasteiger partial charge is 0.481 e. The number of carbonyl (C=O) groups excluding carboxylic acids is 2. The van der Waals surface area contributed by atoms with Gasteiger partial charge in [0.1, 0.15) is 6.04 Å². The minimum atomic E-state index is -1.04. The van der Waals surface area contributed by atoms with Crippen LogP contribution in [0.1, 0.15) is 50.8 Å². The monoisotopic (exact) mass is 513 g/mol. The Labute approximate surface area is 222 Å². The lowest BCUT2D eigenvalue weighted by Crippen LogP contribution is -2.43. The standard InChI is InChI=1S/C31H35N3O4/c1-4-34-26-13-9-8-12-24(26)25-17-22(14-15-27(25)34)29(31(38)32-19-21-10-6-5-7-11-21)33-30(37)23(16-20(2)3)18-28(35)36/h5-15,17,20,23,29H,4,16,18-19H2,1-3H3,(H,32,38)(H,33,37)(H,35,36)/t23-,29?/m1/s1. The van der Waals surface area contributed by atoms with Gasteiger partial charge >= 0.3 is 5.97 Å². The van der Waals surface area contributed by atoms with E-state index in [0.29, 0.717) is 18.5 Å². The Bertz CT molecular complexity index is 1440. The molecule has 0 bridgehead atoms. The van der Waals surface area contributed by atoms with E-state index in [4.69, 9.17) is 0 Å². The first-order chi connectivity index (χ1) is 18.3. The van der Waals surface area contributed by atoms with Crippen LogP contribution in [0.3, 0.4) is 0 Å². The lowest BCUT2D eigenvalue weighted by atomic mass is 9.92. The summed E-state index contributed by atoms with van der Waals surface area (Å²) in [5.41, 5.74) is 3.75. The summed E-state index contributed by atoms with van der Waals surface area (Å²) in [6, 6.07) is 22.5. The molecule has 3 aromatic carbocycles. The summed E-state index contributed by atoms with van der Waals surface area (Å²) >= 11 is 0. The second-order valence-corrected chi connectivity index (χ2v) is 10.1. The van der Waals surface area contributed by atoms with Crippen LogP contribution in [0.2, 0.25) is 0 Å². The summed E-state index contributed by atoms with van der Waals surface area (Å²) in [6.45, 7) is 7.10. The van der Waals surface area contributed by atoms with Crippen LogP contribution in [-0.2, 0) is 27.5 Å². The molecule has 7 heteroatoms. The molecule has 7 nitrogen and oxygen atoms in total. The minimum absolute atomic E-state index is 0.131. The van der Waals surface area contributed by atoms with Gasteiger partial charge in [-0.2, -0.15) is 0 Å². The smallest absolute Gasteiger partial charge is 0.304 e. The number of carboxylic acids is 1. The molecule has 0 saturated carbocycles. The fraction of sp³-hybridized carbons (Fsp3) is 0.323. The molecule has 1 unspecified atom stereocenters. The summed E-state index contributed by atoms with van der Waals surface area (Å²) in [7, 11) is 0. The van der Waals surface area contributed by atoms with Crippen LogP contribution >= 0.6 is 0 Å². The number of aromatic nitrogens is 1. The van der Waals surface area contributed by atoms with Crippen molar-refractivity contribution in [2.45, 2.75) is 52.7 Å². The topological polar surface area (TPSA) is 100 Å². The molecule has 4 aromatic rings. The molecule has 38 heavy (non-hydrogen) atoms. The molecular formula is C31H35N3O4. The van der Waals surface area contributed by atoms with E-state index in [1.807, 2.05) is 74.5 Å². The average Bonchev–Trinajstić information content (AvgIpc) is 3.22. The zero-order valence-electron chi connectivity index (χ0n) is 22.1. The van der Waals surface area contributed by atoms with E-state index in [1.165, 1.54) is 0 Å². The van der Waals surface area contributed by atoms with Crippen molar-refractivity contribution in [2.24, 2.45) is 11.8 Å². The van der Waals surface area contributed by atoms with Crippen LogP contribution in [-0.4, -0.2) is 27.5 Å². The number of hydrogen-bond donors (Lipinski definition) is 3. The quantitative estimate of drug-likeness (QED) is 0.249. The fourth-order valence-corrected chi connectivity index (χ4v) is 5.10. The first-order valence-electron chi connectivity index (χ1n) is 13.1. The predicted molar refractivity (Wildman–Crippen MR) is 149 cm³/mol. The van der Waals surface area contributed by atoms with Crippen molar-refractivity contribution < 1.29 is 19.5 Å². The maximum Gasteiger partial charge on any atom is 0.304 e. The number of amides is 2. The molecule has 0 radical (unpaired) electrons. The van der Waals surface area contributed by atoms with E-state index in [0.717, 1.165) is 33.9 Å². The molecule has 3 N–H and O–H groups in total. The number of benzene rings is 3. The highest BCUT2D eigenvalue weighted by Gasteiger charge is 2.29. The van der Waals surface area contributed by atoms with Crippen LogP contribution in [0.25, 0.3) is 21.8 Å². The number of nitrogens with one attached hydrogen (secondary N) is 2. The van der Waals surface area contributed by atoms with Crippen LogP contribution in [0.4, 0.5) is 0 Å². The van der Waals surface area contributed by atoms with Gasteiger partial charge in [-0.3, -0.25) is 14.4 Å². The zero-order chi connectivity index (χ0) is 27.2. The summed E-state index contributed by atoms with van der Waals surface area (Å²) in [4.78, 5) is 38.4. The number of aliphatic carboxylic acids is 1. The molecule has 198 valence electrons. The molecule has 0 spiro atoms. The first-order valence-corrected chi connectivity index (χ1v) is 13.1. The molecule has 2 amide bonds. The minimum Gasteiger partial charge on any atom is -0.481 e. The Kier molecular flexibility index (Phi) is 8.46. The summed E-state index contributed by atoms with van der Waals surface area (Å²) in [6.07, 6.45) is 0.130. The number of aryl methyl sites for hydroxylation is 1. The molecule has 1 heterocycles. The predicted octanol–water partition coefficient (Wildman–Crippen LogP) is 5.43. The van der Waals surface area contributed by atoms with Crippen LogP contribution in [0.15, 0.2) is 72.8 Å². The Hall–Kier alpha value is -4.13. The van der Waals surface area contributed by atoms with Gasteiger partial charge in [0.05, 0.1) is 6.42 Å². The zero-order valence-corrected chi connectivity index (χ0v) is 22.1. The first kappa shape index (κ1) is 26.9. The molecule has 0 aliphatic carbocycles. The number of carbonyl (C=O) groups is 3. The van der Waals surface area contributed by atoms with Crippen molar-refractivity contribution in [3.05, 3.63) is 83.9 Å². The van der Waals surface area contributed by atoms with E-state index >= 15 is 0 Å². The summed E-state index contributed by atoms with van der Waals surface area (Å²) in [5, 5.41) is 17.3. The van der Waals surface area contributed by atoms with Gasteiger partial charge in [-0.05, 0) is 48.6 Å². The number of nitrogens with zero attached hydrogens (tertiary/aromatic N) is 1. The van der Waals surface area contributed by atoms with Gasteiger partial charge in [0.2, 0.25) is 11.8 Å². The highest BCUT2D eigenvalue weighted by Crippen LogP contribution is 2.31. The Morgan fingerprint density at radius 2 is 1.55 bits per heavy atom. The maximum atomic E-state index is 13.5. The highest BCUT2D eigenvalue weighted by molar-refractivity contribution is 6.08. The van der Waals surface area contributed by atoms with Gasteiger partial charge < -0.3 is 20.3 Å². The van der Waals surface area contributed by atoms with Crippen molar-refractivity contribution >= 4 is 39.6 Å². The number of hydrogen-bond acceptors (Lipinski definition) is 3. The Balaban J connectivity index is 1.71. The second kappa shape index (κ2) is 11.9. The molecule has 0 aliphatic rings. The average molecular weight is 514 g/mol. The normalized spacial score (nSPS) is 12.9. The second-order valence-electron chi connectivity index (χ2n) is 10.1. The third-order valence-corrected chi connectivity index (χ3v) is 6.85. The van der Waals surface area contributed by atoms with Crippen LogP contribution in [0, 0.1) is 11.8 Å². The molecule has 0 fully saturated rings. The molecule has 0 saturated heterocycles. The van der Waals surface area contributed by atoms with Gasteiger partial charge in [-0.1, -0.05) is 68.4 Å². The van der Waals surface area contributed by atoms with Crippen molar-refractivity contribution in [3.8, 4) is 0 Å². The van der Waals surface area contributed by atoms with Gasteiger partial charge in [-0.15, -0.1) is 0 Å². The van der Waals surface area contributed by atoms with E-state index in [-0.39, 0.29) is 18.2 Å². The maximum absolute atomic E-state index is 13.5. The van der Waals surface area contributed by atoms with Crippen molar-refractivity contribution in [1.29, 1.82) is 0 Å². The Morgan fingerprint density at radius 3 is 2.24 bits per heavy atom. The van der Waals surface area contributed by atoms with E-state index in [1.54, 1.807) is 0 Å². The van der Waals surface area contributed by atoms with Gasteiger partial charge in [0.25, 0.3) is 0 Å². The molecule has 1 aromatic heterocycles. The highest BCUT2D eigenvalue weighted by atomic mass is 16.4. The number of carboxylic acid groups (broad SMARTS) is 1.